The van der Waals surface area contributed by atoms with Crippen LogP contribution < -0.4 is 5.73 Å². The first kappa shape index (κ1) is 38.5. The monoisotopic (exact) mass is 589 g/mol. The lowest BCUT2D eigenvalue weighted by molar-refractivity contribution is -0.161. The van der Waals surface area contributed by atoms with Gasteiger partial charge in [-0.05, 0) is 38.5 Å². The first-order chi connectivity index (χ1) is 19.3. The molecule has 0 aromatic carbocycles. The van der Waals surface area contributed by atoms with E-state index in [1.165, 1.54) is 12.8 Å². The van der Waals surface area contributed by atoms with Gasteiger partial charge in [0.25, 0.3) is 0 Å². The molecule has 9 nitrogen and oxygen atoms in total. The normalized spacial score (nSPS) is 14.0. The molecule has 0 rings (SSSR count). The number of hydrogen-bond donors (Lipinski definition) is 2. The number of rotatable bonds is 28. The quantitative estimate of drug-likeness (QED) is 0.0416. The van der Waals surface area contributed by atoms with Crippen molar-refractivity contribution >= 4 is 19.8 Å². The van der Waals surface area contributed by atoms with Crippen molar-refractivity contribution in [1.29, 1.82) is 0 Å². The van der Waals surface area contributed by atoms with Crippen molar-refractivity contribution in [3.05, 3.63) is 24.3 Å². The number of esters is 2. The molecule has 2 atom stereocenters. The number of ether oxygens (including phenoxy) is 2. The van der Waals surface area contributed by atoms with E-state index in [9.17, 15) is 19.0 Å². The second kappa shape index (κ2) is 27.6. The molecule has 0 aromatic rings. The van der Waals surface area contributed by atoms with Crippen LogP contribution in [0.5, 0.6) is 0 Å². The van der Waals surface area contributed by atoms with E-state index in [1.54, 1.807) is 0 Å². The molecule has 0 saturated carbocycles. The van der Waals surface area contributed by atoms with Gasteiger partial charge < -0.3 is 20.1 Å². The second-order valence-electron chi connectivity index (χ2n) is 9.97. The largest absolute Gasteiger partial charge is 0.472 e. The second-order valence-corrected chi connectivity index (χ2v) is 11.4. The summed E-state index contributed by atoms with van der Waals surface area (Å²) in [6.07, 6.45) is 23.9. The molecule has 3 N–H and O–H groups in total. The number of phosphoric ester groups is 1. The van der Waals surface area contributed by atoms with E-state index in [-0.39, 0.29) is 32.6 Å². The number of carbonyl (C=O) groups is 2. The number of allylic oxidation sites excluding steroid dienone is 4. The summed E-state index contributed by atoms with van der Waals surface area (Å²) in [6, 6.07) is 0. The maximum absolute atomic E-state index is 12.4. The summed E-state index contributed by atoms with van der Waals surface area (Å²) in [7, 11) is -4.35. The first-order valence-corrected chi connectivity index (χ1v) is 16.8. The van der Waals surface area contributed by atoms with Gasteiger partial charge >= 0.3 is 19.8 Å². The van der Waals surface area contributed by atoms with Gasteiger partial charge in [0, 0.05) is 19.4 Å². The third kappa shape index (κ3) is 26.7. The van der Waals surface area contributed by atoms with E-state index in [1.807, 2.05) is 0 Å². The highest BCUT2D eigenvalue weighted by Gasteiger charge is 2.25. The lowest BCUT2D eigenvalue weighted by Crippen LogP contribution is -2.29. The van der Waals surface area contributed by atoms with Crippen LogP contribution >= 0.6 is 7.82 Å². The maximum atomic E-state index is 12.4. The molecule has 0 aliphatic carbocycles. The van der Waals surface area contributed by atoms with Gasteiger partial charge in [0.1, 0.15) is 6.61 Å². The summed E-state index contributed by atoms with van der Waals surface area (Å²) < 4.78 is 32.2. The van der Waals surface area contributed by atoms with Crippen molar-refractivity contribution in [1.82, 2.24) is 0 Å². The molecule has 0 fully saturated rings. The van der Waals surface area contributed by atoms with E-state index < -0.39 is 32.5 Å². The minimum Gasteiger partial charge on any atom is -0.462 e. The predicted octanol–water partition coefficient (Wildman–Crippen LogP) is 7.32. The van der Waals surface area contributed by atoms with Crippen LogP contribution in [0.3, 0.4) is 0 Å². The molecule has 0 bridgehead atoms. The Labute approximate surface area is 242 Å². The van der Waals surface area contributed by atoms with Gasteiger partial charge in [-0.3, -0.25) is 18.6 Å². The molecule has 0 radical (unpaired) electrons. The van der Waals surface area contributed by atoms with Crippen molar-refractivity contribution < 1.29 is 37.6 Å². The Kier molecular flexibility index (Phi) is 26.6. The zero-order chi connectivity index (χ0) is 29.7. The van der Waals surface area contributed by atoms with E-state index in [0.29, 0.717) is 6.42 Å². The highest BCUT2D eigenvalue weighted by atomic mass is 31.2. The standard InChI is InChI=1S/C30H56NO8P/c1-3-5-7-9-10-11-12-13-14-15-16-17-19-21-23-30(33)39-28(27-38-40(34,35)37-25-24-31)26-36-29(32)22-20-18-8-6-4-2/h9-10,12-13,28H,3-8,11,14-27,31H2,1-2H3,(H,34,35)/b10-9-,13-12-. The minimum atomic E-state index is -4.35. The smallest absolute Gasteiger partial charge is 0.462 e. The van der Waals surface area contributed by atoms with Crippen molar-refractivity contribution in [2.45, 2.75) is 129 Å². The van der Waals surface area contributed by atoms with Crippen LogP contribution in [0, 0.1) is 0 Å². The lowest BCUT2D eigenvalue weighted by atomic mass is 10.1. The molecule has 0 aliphatic rings. The summed E-state index contributed by atoms with van der Waals surface area (Å²) in [5, 5.41) is 0. The fraction of sp³-hybridized carbons (Fsp3) is 0.800. The number of nitrogens with two attached hydrogens (primary N) is 1. The highest BCUT2D eigenvalue weighted by Crippen LogP contribution is 2.43. The maximum Gasteiger partial charge on any atom is 0.472 e. The van der Waals surface area contributed by atoms with Crippen molar-refractivity contribution in [2.24, 2.45) is 5.73 Å². The molecular formula is C30H56NO8P. The van der Waals surface area contributed by atoms with Crippen molar-refractivity contribution in [3.8, 4) is 0 Å². The van der Waals surface area contributed by atoms with Gasteiger partial charge in [-0.25, -0.2) is 4.57 Å². The third-order valence-corrected chi connectivity index (χ3v) is 7.07. The number of unbranched alkanes of at least 4 members (excludes halogenated alkanes) is 11. The average molecular weight is 590 g/mol. The molecule has 0 aliphatic heterocycles. The highest BCUT2D eigenvalue weighted by molar-refractivity contribution is 7.47. The molecule has 10 heteroatoms. The van der Waals surface area contributed by atoms with Gasteiger partial charge in [0.15, 0.2) is 6.10 Å². The van der Waals surface area contributed by atoms with Gasteiger partial charge in [-0.1, -0.05) is 95.9 Å². The van der Waals surface area contributed by atoms with E-state index >= 15 is 0 Å². The van der Waals surface area contributed by atoms with Crippen LogP contribution in [-0.2, 0) is 32.7 Å². The van der Waals surface area contributed by atoms with Crippen LogP contribution in [0.25, 0.3) is 0 Å². The fourth-order valence-corrected chi connectivity index (χ4v) is 4.53. The van der Waals surface area contributed by atoms with Gasteiger partial charge in [-0.15, -0.1) is 0 Å². The topological polar surface area (TPSA) is 134 Å². The van der Waals surface area contributed by atoms with Crippen LogP contribution in [0.2, 0.25) is 0 Å². The molecule has 0 spiro atoms. The number of carbonyl (C=O) groups excluding carboxylic acids is 2. The zero-order valence-electron chi connectivity index (χ0n) is 25.1. The van der Waals surface area contributed by atoms with Gasteiger partial charge in [-0.2, -0.15) is 0 Å². The van der Waals surface area contributed by atoms with Crippen LogP contribution in [0.4, 0.5) is 0 Å². The Bertz CT molecular complexity index is 728. The summed E-state index contributed by atoms with van der Waals surface area (Å²) >= 11 is 0. The number of hydrogen-bond acceptors (Lipinski definition) is 8. The molecule has 2 unspecified atom stereocenters. The number of phosphoric acid groups is 1. The summed E-state index contributed by atoms with van der Waals surface area (Å²) in [6.45, 7) is 3.54. The molecule has 234 valence electrons. The minimum absolute atomic E-state index is 0.0513. The molecular weight excluding hydrogens is 533 g/mol. The van der Waals surface area contributed by atoms with E-state index in [2.05, 4.69) is 38.2 Å². The van der Waals surface area contributed by atoms with Crippen LogP contribution in [0.1, 0.15) is 123 Å². The van der Waals surface area contributed by atoms with Gasteiger partial charge in [0.05, 0.1) is 13.2 Å². The summed E-state index contributed by atoms with van der Waals surface area (Å²) in [5.74, 6) is -0.864. The SMILES string of the molecule is CCCC/C=C\C/C=C\CCCCCCCC(=O)OC(COC(=O)CCCCCCC)COP(=O)(O)OCCN. The zero-order valence-corrected chi connectivity index (χ0v) is 26.0. The summed E-state index contributed by atoms with van der Waals surface area (Å²) in [4.78, 5) is 34.2. The molecule has 0 saturated heterocycles. The third-order valence-electron chi connectivity index (χ3n) is 6.09. The lowest BCUT2D eigenvalue weighted by Gasteiger charge is -2.19. The molecule has 40 heavy (non-hydrogen) atoms. The Morgan fingerprint density at radius 2 is 1.32 bits per heavy atom. The van der Waals surface area contributed by atoms with Crippen LogP contribution in [0.15, 0.2) is 24.3 Å². The van der Waals surface area contributed by atoms with Crippen LogP contribution in [-0.4, -0.2) is 49.3 Å². The van der Waals surface area contributed by atoms with Gasteiger partial charge in [0.2, 0.25) is 0 Å². The predicted molar refractivity (Wildman–Crippen MR) is 160 cm³/mol. The van der Waals surface area contributed by atoms with E-state index in [0.717, 1.165) is 77.0 Å². The first-order valence-electron chi connectivity index (χ1n) is 15.3. The van der Waals surface area contributed by atoms with Crippen molar-refractivity contribution in [3.63, 3.8) is 0 Å². The molecule has 0 heterocycles. The fourth-order valence-electron chi connectivity index (χ4n) is 3.77. The Hall–Kier alpha value is -1.51. The molecule has 0 aromatic heterocycles. The average Bonchev–Trinajstić information content (AvgIpc) is 2.93. The van der Waals surface area contributed by atoms with E-state index in [4.69, 9.17) is 24.3 Å². The Balaban J connectivity index is 4.29. The van der Waals surface area contributed by atoms with Crippen molar-refractivity contribution in [2.75, 3.05) is 26.4 Å². The Morgan fingerprint density at radius 1 is 0.750 bits per heavy atom. The molecule has 0 amide bonds. The Morgan fingerprint density at radius 3 is 1.98 bits per heavy atom. The summed E-state index contributed by atoms with van der Waals surface area (Å²) in [5.41, 5.74) is 5.29.